The molecule has 62 heavy (non-hydrogen) atoms. The first-order valence-corrected chi connectivity index (χ1v) is 20.5. The van der Waals surface area contributed by atoms with Gasteiger partial charge in [-0.15, -0.1) is 0 Å². The molecular weight excluding hydrogens is 801 g/mol. The van der Waals surface area contributed by atoms with Crippen molar-refractivity contribution in [2.45, 2.75) is 88.3 Å². The number of likely N-dealkylation sites (N-methyl/N-ethyl adjacent to an activating group) is 1. The summed E-state index contributed by atoms with van der Waals surface area (Å²) in [7, 11) is 5.24. The fourth-order valence-corrected chi connectivity index (χ4v) is 8.01. The van der Waals surface area contributed by atoms with E-state index in [4.69, 9.17) is 4.74 Å². The van der Waals surface area contributed by atoms with E-state index in [1.165, 1.54) is 53.9 Å². The molecule has 18 heteroatoms. The molecule has 0 saturated carbocycles. The number of hydrogen-bond acceptors (Lipinski definition) is 12. The summed E-state index contributed by atoms with van der Waals surface area (Å²) in [5, 5.41) is 18.1. The molecule has 3 aliphatic heterocycles. The minimum absolute atomic E-state index is 0.0287. The van der Waals surface area contributed by atoms with Crippen molar-refractivity contribution in [3.8, 4) is 5.75 Å². The van der Waals surface area contributed by atoms with E-state index < -0.39 is 95.2 Å². The van der Waals surface area contributed by atoms with Crippen molar-refractivity contribution in [3.05, 3.63) is 89.7 Å². The lowest BCUT2D eigenvalue weighted by atomic mass is 9.95. The fourth-order valence-electron chi connectivity index (χ4n) is 8.01. The molecule has 18 nitrogen and oxygen atoms in total. The van der Waals surface area contributed by atoms with E-state index in [0.717, 1.165) is 5.69 Å². The summed E-state index contributed by atoms with van der Waals surface area (Å²) in [6.07, 6.45) is 0.0953. The van der Waals surface area contributed by atoms with Crippen LogP contribution in [0, 0.1) is 0 Å². The second kappa shape index (κ2) is 19.2. The lowest BCUT2D eigenvalue weighted by Crippen LogP contribution is -2.61. The number of carbonyl (C=O) groups is 8. The van der Waals surface area contributed by atoms with Crippen molar-refractivity contribution >= 4 is 52.9 Å². The number of ketones is 1. The topological polar surface area (TPSA) is 228 Å². The first-order chi connectivity index (χ1) is 29.5. The van der Waals surface area contributed by atoms with E-state index in [9.17, 15) is 43.5 Å². The van der Waals surface area contributed by atoms with Crippen LogP contribution >= 0.6 is 0 Å². The van der Waals surface area contributed by atoms with Gasteiger partial charge in [0.2, 0.25) is 29.5 Å². The third-order valence-electron chi connectivity index (χ3n) is 11.5. The molecule has 6 rings (SSSR count). The van der Waals surface area contributed by atoms with Crippen LogP contribution < -0.4 is 20.9 Å². The maximum atomic E-state index is 14.9. The van der Waals surface area contributed by atoms with Crippen molar-refractivity contribution < 1.29 is 48.2 Å². The fraction of sp³-hybridized carbons (Fsp3) is 0.432. The highest BCUT2D eigenvalue weighted by atomic mass is 16.5. The number of benzene rings is 2. The highest BCUT2D eigenvalue weighted by Gasteiger charge is 2.45. The number of nitrogens with zero attached hydrogens (tertiary/aromatic N) is 5. The van der Waals surface area contributed by atoms with Crippen molar-refractivity contribution in [3.63, 3.8) is 0 Å². The number of fused-ring (bicyclic) bond motifs is 2. The van der Waals surface area contributed by atoms with Crippen molar-refractivity contribution in [1.29, 1.82) is 0 Å². The molecule has 1 aromatic heterocycles. The van der Waals surface area contributed by atoms with Gasteiger partial charge in [0.25, 0.3) is 5.91 Å². The van der Waals surface area contributed by atoms with Gasteiger partial charge in [-0.1, -0.05) is 42.5 Å². The Morgan fingerprint density at radius 2 is 1.55 bits per heavy atom. The van der Waals surface area contributed by atoms with Crippen LogP contribution in [-0.2, 0) is 44.7 Å². The Hall–Kier alpha value is -6.85. The molecule has 3 saturated heterocycles. The number of anilines is 1. The van der Waals surface area contributed by atoms with E-state index in [-0.39, 0.29) is 50.1 Å². The normalized spacial score (nSPS) is 25.7. The zero-order valence-corrected chi connectivity index (χ0v) is 35.3. The van der Waals surface area contributed by atoms with Gasteiger partial charge in [-0.2, -0.15) is 0 Å². The number of nitrogens with one attached hydrogen (secondary N) is 3. The summed E-state index contributed by atoms with van der Waals surface area (Å²) < 4.78 is 5.82. The molecule has 2 aromatic carbocycles. The van der Waals surface area contributed by atoms with Crippen LogP contribution in [0.1, 0.15) is 67.2 Å². The molecule has 0 spiro atoms. The van der Waals surface area contributed by atoms with E-state index in [1.54, 1.807) is 30.3 Å². The van der Waals surface area contributed by atoms with Crippen LogP contribution in [0.3, 0.4) is 0 Å². The second-order valence-corrected chi connectivity index (χ2v) is 16.0. The summed E-state index contributed by atoms with van der Waals surface area (Å²) in [5.74, 6) is -6.40. The van der Waals surface area contributed by atoms with Crippen LogP contribution in [0.4, 0.5) is 5.69 Å². The number of cyclic esters (lactones) is 1. The molecule has 0 unspecified atom stereocenters. The number of Topliss-reactive ketones (excluding diaryl/α,β-unsaturated/α-hetero) is 1. The first kappa shape index (κ1) is 44.7. The average Bonchev–Trinajstić information content (AvgIpc) is 3.75. The number of ether oxygens (including phenoxy) is 1. The molecule has 328 valence electrons. The Balaban J connectivity index is 1.42. The van der Waals surface area contributed by atoms with Crippen molar-refractivity contribution in [2.75, 3.05) is 39.1 Å². The monoisotopic (exact) mass is 852 g/mol. The van der Waals surface area contributed by atoms with Gasteiger partial charge in [0.1, 0.15) is 47.8 Å². The quantitative estimate of drug-likeness (QED) is 0.254. The zero-order valence-electron chi connectivity index (χ0n) is 35.3. The summed E-state index contributed by atoms with van der Waals surface area (Å²) >= 11 is 0. The van der Waals surface area contributed by atoms with Crippen LogP contribution in [0.2, 0.25) is 0 Å². The van der Waals surface area contributed by atoms with Gasteiger partial charge < -0.3 is 45.4 Å². The number of amides is 6. The van der Waals surface area contributed by atoms with Gasteiger partial charge >= 0.3 is 5.97 Å². The van der Waals surface area contributed by atoms with E-state index in [1.807, 2.05) is 43.3 Å². The highest BCUT2D eigenvalue weighted by Crippen LogP contribution is 2.27. The Labute approximate surface area is 358 Å². The smallest absolute Gasteiger partial charge is 0.333 e. The summed E-state index contributed by atoms with van der Waals surface area (Å²) in [5.41, 5.74) is 1.44. The largest absolute Gasteiger partial charge is 0.505 e. The number of pyridine rings is 1. The number of rotatable bonds is 6. The molecule has 6 amide bonds. The van der Waals surface area contributed by atoms with Crippen LogP contribution in [0.5, 0.6) is 5.75 Å². The summed E-state index contributed by atoms with van der Waals surface area (Å²) in [6, 6.07) is 9.97. The van der Waals surface area contributed by atoms with Crippen LogP contribution in [0.25, 0.3) is 0 Å². The van der Waals surface area contributed by atoms with Crippen molar-refractivity contribution in [2.24, 2.45) is 0 Å². The SMILES string of the molecule is C[C@H]1NC(=O)[C@@H](NC(=O)c2ncccc2O)[C@@H](C)OC(=O)[C@H](c2ccccc2)NC(=O)[C@@H]2CC(=O)CCN2C(=O)[C@H](Cc2ccc(N(C)C)cc2)N(C)C(=O)[C@@H]2CCCN2C1=O. The number of esters is 1. The van der Waals surface area contributed by atoms with Gasteiger partial charge in [0.15, 0.2) is 11.7 Å². The van der Waals surface area contributed by atoms with Crippen molar-refractivity contribution in [1.82, 2.24) is 35.6 Å². The molecule has 0 radical (unpaired) electrons. The number of piperidine rings is 1. The number of carbonyl (C=O) groups excluding carboxylic acids is 8. The maximum Gasteiger partial charge on any atom is 0.333 e. The predicted octanol–water partition coefficient (Wildman–Crippen LogP) is 0.880. The van der Waals surface area contributed by atoms with Gasteiger partial charge in [-0.3, -0.25) is 33.6 Å². The van der Waals surface area contributed by atoms with E-state index >= 15 is 0 Å². The Morgan fingerprint density at radius 3 is 2.23 bits per heavy atom. The number of aromatic hydroxyl groups is 1. The van der Waals surface area contributed by atoms with Gasteiger partial charge in [0.05, 0.1) is 0 Å². The van der Waals surface area contributed by atoms with Gasteiger partial charge in [0, 0.05) is 65.4 Å². The molecule has 3 aliphatic rings. The Morgan fingerprint density at radius 1 is 0.855 bits per heavy atom. The minimum atomic E-state index is -1.68. The summed E-state index contributed by atoms with van der Waals surface area (Å²) in [6.45, 7) is 2.75. The third kappa shape index (κ3) is 9.85. The molecule has 4 heterocycles. The third-order valence-corrected chi connectivity index (χ3v) is 11.5. The molecule has 3 aromatic rings. The molecular formula is C44H52N8O10. The predicted molar refractivity (Wildman–Crippen MR) is 223 cm³/mol. The molecule has 3 fully saturated rings. The van der Waals surface area contributed by atoms with E-state index in [0.29, 0.717) is 12.0 Å². The van der Waals surface area contributed by atoms with Crippen LogP contribution in [0.15, 0.2) is 72.9 Å². The lowest BCUT2D eigenvalue weighted by Gasteiger charge is -2.40. The lowest BCUT2D eigenvalue weighted by molar-refractivity contribution is -0.156. The van der Waals surface area contributed by atoms with E-state index in [2.05, 4.69) is 20.9 Å². The highest BCUT2D eigenvalue weighted by molar-refractivity contribution is 6.01. The molecule has 0 aliphatic carbocycles. The molecule has 0 bridgehead atoms. The second-order valence-electron chi connectivity index (χ2n) is 16.0. The van der Waals surface area contributed by atoms with Gasteiger partial charge in [-0.25, -0.2) is 9.78 Å². The zero-order chi connectivity index (χ0) is 44.8. The minimum Gasteiger partial charge on any atom is -0.505 e. The number of hydrogen-bond donors (Lipinski definition) is 4. The van der Waals surface area contributed by atoms with Gasteiger partial charge in [-0.05, 0) is 62.1 Å². The number of aromatic nitrogens is 1. The average molecular weight is 853 g/mol. The Kier molecular flexibility index (Phi) is 13.9. The summed E-state index contributed by atoms with van der Waals surface area (Å²) in [4.78, 5) is 123. The Bertz CT molecular complexity index is 2200. The molecule has 4 N–H and O–H groups in total. The van der Waals surface area contributed by atoms with Crippen LogP contribution in [-0.4, -0.2) is 143 Å². The standard InChI is InChI=1S/C44H52N8O10/c1-25-41(58)51-21-10-13-31(51)42(59)50(5)33(23-27-15-17-29(18-16-27)49(3)4)43(60)52-22-19-30(53)24-32(52)38(55)48-36(28-11-7-6-8-12-28)44(61)62-26(2)35(39(56)46-25)47-40(57)37-34(54)14-9-20-45-37/h6-9,11-12,14-18,20,25-26,31-33,35-36,54H,10,13,19,21-24H2,1-5H3,(H,46,56)(H,47,57)(H,48,55)/t25-,26-,31+,32+,33+,35+,36+/m1/s1. The first-order valence-electron chi connectivity index (χ1n) is 20.5. The maximum absolute atomic E-state index is 14.9. The molecule has 7 atom stereocenters.